The van der Waals surface area contributed by atoms with Gasteiger partial charge in [-0.15, -0.1) is 0 Å². The van der Waals surface area contributed by atoms with E-state index in [-0.39, 0.29) is 24.2 Å². The summed E-state index contributed by atoms with van der Waals surface area (Å²) >= 11 is 0. The van der Waals surface area contributed by atoms with Gasteiger partial charge in [-0.2, -0.15) is 26.3 Å². The van der Waals surface area contributed by atoms with Crippen molar-refractivity contribution < 1.29 is 60.4 Å². The number of hydrogen-bond acceptors (Lipinski definition) is 7. The Kier molecular flexibility index (Phi) is 10.4. The molecule has 2 aliphatic rings. The lowest BCUT2D eigenvalue weighted by Crippen LogP contribution is -2.44. The Bertz CT molecular complexity index is 1050. The quantitative estimate of drug-likeness (QED) is 0.549. The molecule has 0 radical (unpaired) electrons. The monoisotopic (exact) mass is 553 g/mol. The molecule has 0 unspecified atom stereocenters. The first-order chi connectivity index (χ1) is 17.7. The standard InChI is InChI=1S/C18H19N3O3.2C2HF3O2/c22-18(13-6-1-3-9-19-13)21-12-15(17-14(21)7-5-11-23-17)24-16-8-2-4-10-20-16;2*3-2(4,5)1(6)7/h1-4,6,8-10,14-15,17H,5,7,11-12H2;2*(H,6,7)/t14-,15+,17+;;/m1../s1. The summed E-state index contributed by atoms with van der Waals surface area (Å²) in [6, 6.07) is 11.0. The number of likely N-dealkylation sites (tertiary alicyclic amines) is 1. The maximum Gasteiger partial charge on any atom is 0.490 e. The molecule has 0 aliphatic carbocycles. The van der Waals surface area contributed by atoms with Crippen molar-refractivity contribution >= 4 is 17.8 Å². The number of carbonyl (C=O) groups is 3. The van der Waals surface area contributed by atoms with Crippen molar-refractivity contribution in [1.29, 1.82) is 0 Å². The largest absolute Gasteiger partial charge is 0.490 e. The Labute approximate surface area is 210 Å². The van der Waals surface area contributed by atoms with Crippen molar-refractivity contribution in [2.75, 3.05) is 13.2 Å². The fourth-order valence-corrected chi connectivity index (χ4v) is 3.45. The van der Waals surface area contributed by atoms with Gasteiger partial charge in [0.15, 0.2) is 0 Å². The van der Waals surface area contributed by atoms with Gasteiger partial charge in [0.2, 0.25) is 5.88 Å². The summed E-state index contributed by atoms with van der Waals surface area (Å²) in [6.07, 6.45) is -5.29. The highest BCUT2D eigenvalue weighted by Crippen LogP contribution is 2.32. The van der Waals surface area contributed by atoms with Crippen molar-refractivity contribution in [3.05, 3.63) is 54.5 Å². The molecule has 0 bridgehead atoms. The summed E-state index contributed by atoms with van der Waals surface area (Å²) in [5, 5.41) is 14.2. The minimum absolute atomic E-state index is 0.0296. The van der Waals surface area contributed by atoms with Crippen LogP contribution in [0.2, 0.25) is 0 Å². The molecule has 38 heavy (non-hydrogen) atoms. The van der Waals surface area contributed by atoms with Crippen molar-refractivity contribution in [2.24, 2.45) is 0 Å². The van der Waals surface area contributed by atoms with Gasteiger partial charge in [0.05, 0.1) is 12.6 Å². The third-order valence-electron chi connectivity index (χ3n) is 5.02. The number of aromatic nitrogens is 2. The Balaban J connectivity index is 0.000000301. The van der Waals surface area contributed by atoms with Crippen LogP contribution < -0.4 is 4.74 Å². The van der Waals surface area contributed by atoms with Crippen molar-refractivity contribution in [2.45, 2.75) is 43.4 Å². The Morgan fingerprint density at radius 3 is 1.95 bits per heavy atom. The average molecular weight is 553 g/mol. The lowest BCUT2D eigenvalue weighted by Gasteiger charge is -2.31. The predicted molar refractivity (Wildman–Crippen MR) is 114 cm³/mol. The Hall–Kier alpha value is -3.95. The van der Waals surface area contributed by atoms with Gasteiger partial charge in [-0.25, -0.2) is 14.6 Å². The van der Waals surface area contributed by atoms with Crippen LogP contribution in [0.4, 0.5) is 26.3 Å². The van der Waals surface area contributed by atoms with E-state index in [0.29, 0.717) is 24.7 Å². The smallest absolute Gasteiger partial charge is 0.475 e. The van der Waals surface area contributed by atoms with Crippen LogP contribution in [0.15, 0.2) is 48.8 Å². The van der Waals surface area contributed by atoms with Crippen LogP contribution in [0.3, 0.4) is 0 Å². The van der Waals surface area contributed by atoms with E-state index in [9.17, 15) is 31.1 Å². The number of carboxylic acids is 2. The second-order valence-electron chi connectivity index (χ2n) is 7.65. The number of rotatable bonds is 3. The molecular formula is C22H21F6N3O7. The number of ether oxygens (including phenoxy) is 2. The molecule has 208 valence electrons. The lowest BCUT2D eigenvalue weighted by molar-refractivity contribution is -0.193. The zero-order chi connectivity index (χ0) is 28.5. The van der Waals surface area contributed by atoms with Gasteiger partial charge >= 0.3 is 24.3 Å². The van der Waals surface area contributed by atoms with E-state index in [1.807, 2.05) is 29.2 Å². The fraction of sp³-hybridized carbons (Fsp3) is 0.409. The summed E-state index contributed by atoms with van der Waals surface area (Å²) in [5.74, 6) is -5.02. The van der Waals surface area contributed by atoms with Crippen molar-refractivity contribution in [3.63, 3.8) is 0 Å². The maximum atomic E-state index is 12.8. The molecule has 4 rings (SSSR count). The summed E-state index contributed by atoms with van der Waals surface area (Å²) in [7, 11) is 0. The first kappa shape index (κ1) is 30.3. The molecular weight excluding hydrogens is 532 g/mol. The number of carboxylic acid groups (broad SMARTS) is 2. The molecule has 2 N–H and O–H groups in total. The second-order valence-corrected chi connectivity index (χ2v) is 7.65. The van der Waals surface area contributed by atoms with Gasteiger partial charge in [0.1, 0.15) is 17.9 Å². The molecule has 4 heterocycles. The molecule has 2 aromatic heterocycles. The fourth-order valence-electron chi connectivity index (χ4n) is 3.45. The molecule has 0 saturated carbocycles. The number of amides is 1. The second kappa shape index (κ2) is 13.0. The Morgan fingerprint density at radius 2 is 1.47 bits per heavy atom. The molecule has 2 aliphatic heterocycles. The van der Waals surface area contributed by atoms with Crippen LogP contribution in [0.1, 0.15) is 23.3 Å². The minimum atomic E-state index is -5.08. The van der Waals surface area contributed by atoms with E-state index in [1.165, 1.54) is 0 Å². The van der Waals surface area contributed by atoms with Gasteiger partial charge in [-0.3, -0.25) is 9.78 Å². The number of nitrogens with zero attached hydrogens (tertiary/aromatic N) is 3. The van der Waals surface area contributed by atoms with Gasteiger partial charge in [0.25, 0.3) is 5.91 Å². The van der Waals surface area contributed by atoms with Crippen LogP contribution in [-0.4, -0.2) is 86.7 Å². The molecule has 16 heteroatoms. The summed E-state index contributed by atoms with van der Waals surface area (Å²) in [4.78, 5) is 40.9. The molecule has 0 spiro atoms. The van der Waals surface area contributed by atoms with Gasteiger partial charge in [0, 0.05) is 25.1 Å². The van der Waals surface area contributed by atoms with E-state index in [0.717, 1.165) is 12.8 Å². The molecule has 2 aromatic rings. The summed E-state index contributed by atoms with van der Waals surface area (Å²) in [5.41, 5.74) is 0.459. The van der Waals surface area contributed by atoms with E-state index < -0.39 is 24.3 Å². The first-order valence-electron chi connectivity index (χ1n) is 10.7. The van der Waals surface area contributed by atoms with Crippen LogP contribution in [0.25, 0.3) is 0 Å². The van der Waals surface area contributed by atoms with Crippen LogP contribution in [-0.2, 0) is 14.3 Å². The highest BCUT2D eigenvalue weighted by atomic mass is 19.4. The third-order valence-corrected chi connectivity index (χ3v) is 5.02. The van der Waals surface area contributed by atoms with Gasteiger partial charge in [-0.1, -0.05) is 12.1 Å². The highest BCUT2D eigenvalue weighted by molar-refractivity contribution is 5.92. The number of halogens is 6. The first-order valence-corrected chi connectivity index (χ1v) is 10.7. The number of hydrogen-bond donors (Lipinski definition) is 2. The highest BCUT2D eigenvalue weighted by Gasteiger charge is 2.48. The number of alkyl halides is 6. The molecule has 2 saturated heterocycles. The van der Waals surface area contributed by atoms with E-state index >= 15 is 0 Å². The molecule has 10 nitrogen and oxygen atoms in total. The number of pyridine rings is 2. The van der Waals surface area contributed by atoms with E-state index in [1.54, 1.807) is 24.5 Å². The topological polar surface area (TPSA) is 139 Å². The van der Waals surface area contributed by atoms with Crippen molar-refractivity contribution in [3.8, 4) is 5.88 Å². The van der Waals surface area contributed by atoms with Crippen molar-refractivity contribution in [1.82, 2.24) is 14.9 Å². The maximum absolute atomic E-state index is 12.8. The SMILES string of the molecule is O=C(O)C(F)(F)F.O=C(O)C(F)(F)F.O=C(c1ccccn1)N1C[C@H](Oc2ccccn2)[C@H]2OCCC[C@H]21. The number of aliphatic carboxylic acids is 2. The minimum Gasteiger partial charge on any atom is -0.475 e. The van der Waals surface area contributed by atoms with Gasteiger partial charge in [-0.05, 0) is 31.0 Å². The Morgan fingerprint density at radius 1 is 0.921 bits per heavy atom. The van der Waals surface area contributed by atoms with Gasteiger partial charge < -0.3 is 24.6 Å². The zero-order valence-corrected chi connectivity index (χ0v) is 19.2. The van der Waals surface area contributed by atoms with E-state index in [2.05, 4.69) is 9.97 Å². The number of fused-ring (bicyclic) bond motifs is 1. The molecule has 2 fully saturated rings. The van der Waals surface area contributed by atoms with Crippen LogP contribution in [0.5, 0.6) is 5.88 Å². The normalized spacial score (nSPS) is 20.6. The lowest BCUT2D eigenvalue weighted by atomic mass is 10.0. The van der Waals surface area contributed by atoms with Crippen LogP contribution in [0, 0.1) is 0 Å². The zero-order valence-electron chi connectivity index (χ0n) is 19.2. The molecule has 1 amide bonds. The molecule has 3 atom stereocenters. The molecule has 0 aromatic carbocycles. The average Bonchev–Trinajstić information content (AvgIpc) is 3.23. The number of carbonyl (C=O) groups excluding carboxylic acids is 1. The summed E-state index contributed by atoms with van der Waals surface area (Å²) in [6.45, 7) is 1.19. The summed E-state index contributed by atoms with van der Waals surface area (Å²) < 4.78 is 75.4. The third kappa shape index (κ3) is 8.86. The predicted octanol–water partition coefficient (Wildman–Crippen LogP) is 3.19. The van der Waals surface area contributed by atoms with E-state index in [4.69, 9.17) is 29.3 Å². The van der Waals surface area contributed by atoms with Crippen LogP contribution >= 0.6 is 0 Å².